The van der Waals surface area contributed by atoms with Crippen LogP contribution in [0.15, 0.2) is 54.6 Å². The summed E-state index contributed by atoms with van der Waals surface area (Å²) in [5, 5.41) is 13.9. The molecule has 2 atom stereocenters. The van der Waals surface area contributed by atoms with Crippen LogP contribution in [-0.4, -0.2) is 48.5 Å². The Morgan fingerprint density at radius 2 is 1.58 bits per heavy atom. The molecular weight excluding hydrogens is 395 g/mol. The zero-order chi connectivity index (χ0) is 22.8. The van der Waals surface area contributed by atoms with Gasteiger partial charge < -0.3 is 20.5 Å². The molecule has 2 amide bonds. The number of rotatable bonds is 11. The van der Waals surface area contributed by atoms with Crippen LogP contribution in [-0.2, 0) is 25.6 Å². The van der Waals surface area contributed by atoms with Gasteiger partial charge in [-0.15, -0.1) is 0 Å². The number of carbonyl (C=O) groups is 4. The standard InChI is InChI=1S/C23H25BN2O5/c1-2-8-18(23(31)26-19(22(24)30)14-21(28)29)25-20(27)13-16-11-6-7-12-17(16)15-9-4-3-5-10-15/h3-7,9-12,18-19H,2,8,13-14H2,1H3,(H,25,27)(H,26,31)(H,28,29)/t18-,19-/m0/s1. The molecule has 0 spiro atoms. The van der Waals surface area contributed by atoms with Crippen molar-refractivity contribution in [3.63, 3.8) is 0 Å². The van der Waals surface area contributed by atoms with Crippen molar-refractivity contribution < 1.29 is 24.3 Å². The van der Waals surface area contributed by atoms with E-state index in [1.54, 1.807) is 0 Å². The quantitative estimate of drug-likeness (QED) is 0.481. The van der Waals surface area contributed by atoms with Crippen molar-refractivity contribution in [3.8, 4) is 11.1 Å². The van der Waals surface area contributed by atoms with Crippen LogP contribution in [0.1, 0.15) is 31.7 Å². The fraction of sp³-hybridized carbons (Fsp3) is 0.304. The molecular formula is C23H25BN2O5. The second-order valence-electron chi connectivity index (χ2n) is 7.17. The molecule has 2 rings (SSSR count). The molecule has 160 valence electrons. The van der Waals surface area contributed by atoms with E-state index in [-0.39, 0.29) is 12.3 Å². The second kappa shape index (κ2) is 11.7. The molecule has 0 aliphatic carbocycles. The fourth-order valence-electron chi connectivity index (χ4n) is 3.22. The first kappa shape index (κ1) is 23.9. The van der Waals surface area contributed by atoms with E-state index >= 15 is 0 Å². The molecule has 0 unspecified atom stereocenters. The molecule has 3 N–H and O–H groups in total. The Kier molecular flexibility index (Phi) is 9.00. The minimum absolute atomic E-state index is 0.0624. The zero-order valence-electron chi connectivity index (χ0n) is 17.3. The lowest BCUT2D eigenvalue weighted by molar-refractivity contribution is -0.139. The van der Waals surface area contributed by atoms with Crippen LogP contribution in [0.2, 0.25) is 0 Å². The monoisotopic (exact) mass is 420 g/mol. The van der Waals surface area contributed by atoms with Crippen molar-refractivity contribution in [1.29, 1.82) is 0 Å². The SMILES string of the molecule is [B]C(=O)[C@H](CC(=O)O)NC(=O)[C@H](CCC)NC(=O)Cc1ccccc1-c1ccccc1. The molecule has 7 nitrogen and oxygen atoms in total. The third-order valence-electron chi connectivity index (χ3n) is 4.72. The lowest BCUT2D eigenvalue weighted by Crippen LogP contribution is -2.52. The van der Waals surface area contributed by atoms with Crippen LogP contribution in [0.5, 0.6) is 0 Å². The van der Waals surface area contributed by atoms with Crippen LogP contribution >= 0.6 is 0 Å². The van der Waals surface area contributed by atoms with Gasteiger partial charge in [0.05, 0.1) is 24.6 Å². The summed E-state index contributed by atoms with van der Waals surface area (Å²) in [6, 6.07) is 14.9. The number of benzene rings is 2. The van der Waals surface area contributed by atoms with Crippen molar-refractivity contribution in [3.05, 3.63) is 60.2 Å². The van der Waals surface area contributed by atoms with E-state index in [1.807, 2.05) is 61.5 Å². The Bertz CT molecular complexity index is 933. The van der Waals surface area contributed by atoms with Gasteiger partial charge in [0.15, 0.2) is 7.85 Å². The van der Waals surface area contributed by atoms with Gasteiger partial charge in [-0.1, -0.05) is 67.9 Å². The summed E-state index contributed by atoms with van der Waals surface area (Å²) in [4.78, 5) is 47.6. The largest absolute Gasteiger partial charge is 0.481 e. The summed E-state index contributed by atoms with van der Waals surface area (Å²) in [7, 11) is 5.18. The Morgan fingerprint density at radius 3 is 2.19 bits per heavy atom. The third kappa shape index (κ3) is 7.40. The van der Waals surface area contributed by atoms with Crippen molar-refractivity contribution in [1.82, 2.24) is 10.6 Å². The van der Waals surface area contributed by atoms with Gasteiger partial charge in [0, 0.05) is 0 Å². The topological polar surface area (TPSA) is 113 Å². The summed E-state index contributed by atoms with van der Waals surface area (Å²) < 4.78 is 0. The molecule has 0 saturated heterocycles. The number of nitrogens with one attached hydrogen (secondary N) is 2. The Balaban J connectivity index is 2.10. The normalized spacial score (nSPS) is 12.4. The van der Waals surface area contributed by atoms with E-state index in [4.69, 9.17) is 13.0 Å². The fourth-order valence-corrected chi connectivity index (χ4v) is 3.22. The number of amides is 2. The molecule has 8 heteroatoms. The summed E-state index contributed by atoms with van der Waals surface area (Å²) in [6.45, 7) is 1.85. The third-order valence-corrected chi connectivity index (χ3v) is 4.72. The van der Waals surface area contributed by atoms with Crippen LogP contribution in [0.25, 0.3) is 11.1 Å². The van der Waals surface area contributed by atoms with E-state index in [0.717, 1.165) is 16.7 Å². The van der Waals surface area contributed by atoms with Crippen molar-refractivity contribution in [2.45, 2.75) is 44.7 Å². The van der Waals surface area contributed by atoms with Crippen molar-refractivity contribution in [2.75, 3.05) is 0 Å². The van der Waals surface area contributed by atoms with E-state index in [1.165, 1.54) is 0 Å². The molecule has 0 aliphatic rings. The van der Waals surface area contributed by atoms with E-state index < -0.39 is 36.1 Å². The lowest BCUT2D eigenvalue weighted by Gasteiger charge is -2.21. The average molecular weight is 420 g/mol. The number of hydrogen-bond donors (Lipinski definition) is 3. The lowest BCUT2D eigenvalue weighted by atomic mass is 9.92. The maximum Gasteiger partial charge on any atom is 0.305 e. The molecule has 0 heterocycles. The Labute approximate surface area is 182 Å². The second-order valence-corrected chi connectivity index (χ2v) is 7.17. The summed E-state index contributed by atoms with van der Waals surface area (Å²) in [5.41, 5.74) is 1.76. The first-order valence-corrected chi connectivity index (χ1v) is 10.1. The molecule has 0 saturated carbocycles. The van der Waals surface area contributed by atoms with Gasteiger partial charge >= 0.3 is 5.97 Å². The molecule has 0 aromatic heterocycles. The molecule has 31 heavy (non-hydrogen) atoms. The van der Waals surface area contributed by atoms with E-state index in [9.17, 15) is 19.2 Å². The average Bonchev–Trinajstić information content (AvgIpc) is 2.73. The highest BCUT2D eigenvalue weighted by Crippen LogP contribution is 2.23. The summed E-state index contributed by atoms with van der Waals surface area (Å²) in [6.07, 6.45) is 0.362. The smallest absolute Gasteiger partial charge is 0.305 e. The molecule has 0 bridgehead atoms. The number of aliphatic carboxylic acids is 1. The molecule has 0 aliphatic heterocycles. The molecule has 2 aromatic carbocycles. The number of carbonyl (C=O) groups excluding carboxylic acids is 3. The maximum absolute atomic E-state index is 12.7. The van der Waals surface area contributed by atoms with Crippen LogP contribution in [0.3, 0.4) is 0 Å². The van der Waals surface area contributed by atoms with Gasteiger partial charge in [0.25, 0.3) is 0 Å². The zero-order valence-corrected chi connectivity index (χ0v) is 17.3. The first-order valence-electron chi connectivity index (χ1n) is 10.1. The minimum atomic E-state index is -1.35. The van der Waals surface area contributed by atoms with Gasteiger partial charge in [-0.2, -0.15) is 0 Å². The van der Waals surface area contributed by atoms with E-state index in [2.05, 4.69) is 10.6 Å². The van der Waals surface area contributed by atoms with Crippen LogP contribution in [0.4, 0.5) is 0 Å². The first-order chi connectivity index (χ1) is 14.8. The van der Waals surface area contributed by atoms with Crippen LogP contribution < -0.4 is 10.6 Å². The highest BCUT2D eigenvalue weighted by Gasteiger charge is 2.26. The van der Waals surface area contributed by atoms with Gasteiger partial charge in [0.1, 0.15) is 6.04 Å². The van der Waals surface area contributed by atoms with E-state index in [0.29, 0.717) is 12.8 Å². The summed E-state index contributed by atoms with van der Waals surface area (Å²) in [5.74, 6) is -2.26. The number of carboxylic acid groups (broad SMARTS) is 1. The van der Waals surface area contributed by atoms with Crippen LogP contribution in [0, 0.1) is 0 Å². The number of hydrogen-bond acceptors (Lipinski definition) is 4. The molecule has 2 aromatic rings. The van der Waals surface area contributed by atoms with Gasteiger partial charge in [0.2, 0.25) is 11.8 Å². The highest BCUT2D eigenvalue weighted by molar-refractivity contribution is 6.59. The Hall–Kier alpha value is -3.42. The van der Waals surface area contributed by atoms with Gasteiger partial charge in [-0.25, -0.2) is 0 Å². The number of carboxylic acids is 1. The molecule has 2 radical (unpaired) electrons. The maximum atomic E-state index is 12.7. The van der Waals surface area contributed by atoms with Gasteiger partial charge in [-0.3, -0.25) is 14.4 Å². The summed E-state index contributed by atoms with van der Waals surface area (Å²) >= 11 is 0. The van der Waals surface area contributed by atoms with Crippen molar-refractivity contribution >= 4 is 31.3 Å². The highest BCUT2D eigenvalue weighted by atomic mass is 16.4. The predicted molar refractivity (Wildman–Crippen MR) is 117 cm³/mol. The van der Waals surface area contributed by atoms with Crippen molar-refractivity contribution in [2.24, 2.45) is 0 Å². The molecule has 0 fully saturated rings. The minimum Gasteiger partial charge on any atom is -0.481 e. The predicted octanol–water partition coefficient (Wildman–Crippen LogP) is 1.84. The van der Waals surface area contributed by atoms with Gasteiger partial charge in [-0.05, 0) is 23.1 Å². The Morgan fingerprint density at radius 1 is 0.935 bits per heavy atom.